The number of amides is 1. The number of hydrogen-bond donors (Lipinski definition) is 1. The molecule has 0 aliphatic carbocycles. The Morgan fingerprint density at radius 2 is 2.39 bits per heavy atom. The highest BCUT2D eigenvalue weighted by Gasteiger charge is 2.23. The van der Waals surface area contributed by atoms with Gasteiger partial charge in [-0.3, -0.25) is 9.63 Å². The molecule has 1 amide bonds. The Labute approximate surface area is 107 Å². The maximum atomic E-state index is 11.6. The molecular weight excluding hydrogens is 228 g/mol. The standard InChI is InChI=1S/C14H18N2O2/c17-14-6-8-18-16(14)13-5-1-3-11(10-13)9-12-4-2-7-15-12/h1,3,5,10,12,15H,2,4,6-9H2. The van der Waals surface area contributed by atoms with Crippen molar-refractivity contribution in [2.24, 2.45) is 0 Å². The third-order valence-corrected chi connectivity index (χ3v) is 3.55. The molecule has 1 unspecified atom stereocenters. The van der Waals surface area contributed by atoms with Crippen LogP contribution < -0.4 is 10.4 Å². The molecule has 2 saturated heterocycles. The number of carbonyl (C=O) groups excluding carboxylic acids is 1. The Kier molecular flexibility index (Phi) is 3.30. The summed E-state index contributed by atoms with van der Waals surface area (Å²) in [5, 5.41) is 4.91. The van der Waals surface area contributed by atoms with Gasteiger partial charge in [0.25, 0.3) is 5.91 Å². The molecule has 1 aromatic carbocycles. The second kappa shape index (κ2) is 5.08. The summed E-state index contributed by atoms with van der Waals surface area (Å²) in [4.78, 5) is 17.0. The lowest BCUT2D eigenvalue weighted by Crippen LogP contribution is -2.24. The summed E-state index contributed by atoms with van der Waals surface area (Å²) in [6.07, 6.45) is 4.01. The largest absolute Gasteiger partial charge is 0.314 e. The fourth-order valence-electron chi connectivity index (χ4n) is 2.64. The Morgan fingerprint density at radius 3 is 3.11 bits per heavy atom. The zero-order valence-corrected chi connectivity index (χ0v) is 10.4. The summed E-state index contributed by atoms with van der Waals surface area (Å²) >= 11 is 0. The Bertz CT molecular complexity index is 441. The monoisotopic (exact) mass is 246 g/mol. The molecule has 4 nitrogen and oxygen atoms in total. The van der Waals surface area contributed by atoms with Crippen LogP contribution in [-0.4, -0.2) is 25.1 Å². The van der Waals surface area contributed by atoms with Gasteiger partial charge in [0.05, 0.1) is 18.7 Å². The van der Waals surface area contributed by atoms with E-state index in [0.29, 0.717) is 19.1 Å². The van der Waals surface area contributed by atoms with Crippen molar-refractivity contribution in [3.63, 3.8) is 0 Å². The molecule has 0 saturated carbocycles. The Morgan fingerprint density at radius 1 is 1.44 bits per heavy atom. The summed E-state index contributed by atoms with van der Waals surface area (Å²) < 4.78 is 0. The average molecular weight is 246 g/mol. The van der Waals surface area contributed by atoms with Crippen LogP contribution in [0.3, 0.4) is 0 Å². The average Bonchev–Trinajstić information content (AvgIpc) is 3.01. The summed E-state index contributed by atoms with van der Waals surface area (Å²) in [6, 6.07) is 8.67. The number of nitrogens with one attached hydrogen (secondary N) is 1. The third kappa shape index (κ3) is 2.40. The van der Waals surface area contributed by atoms with Crippen molar-refractivity contribution >= 4 is 11.6 Å². The van der Waals surface area contributed by atoms with Crippen molar-refractivity contribution < 1.29 is 9.63 Å². The smallest absolute Gasteiger partial charge is 0.253 e. The van der Waals surface area contributed by atoms with E-state index in [-0.39, 0.29) is 5.91 Å². The van der Waals surface area contributed by atoms with Crippen LogP contribution >= 0.6 is 0 Å². The predicted molar refractivity (Wildman–Crippen MR) is 69.2 cm³/mol. The van der Waals surface area contributed by atoms with E-state index >= 15 is 0 Å². The van der Waals surface area contributed by atoms with Crippen LogP contribution in [0.2, 0.25) is 0 Å². The third-order valence-electron chi connectivity index (χ3n) is 3.55. The lowest BCUT2D eigenvalue weighted by Gasteiger charge is -2.16. The number of rotatable bonds is 3. The second-order valence-corrected chi connectivity index (χ2v) is 4.94. The maximum absolute atomic E-state index is 11.6. The van der Waals surface area contributed by atoms with Crippen LogP contribution in [-0.2, 0) is 16.1 Å². The molecule has 0 bridgehead atoms. The molecule has 0 aromatic heterocycles. The highest BCUT2D eigenvalue weighted by molar-refractivity contribution is 5.92. The number of hydroxylamine groups is 1. The van der Waals surface area contributed by atoms with Crippen LogP contribution in [0, 0.1) is 0 Å². The minimum absolute atomic E-state index is 0.0474. The first-order valence-corrected chi connectivity index (χ1v) is 6.61. The minimum Gasteiger partial charge on any atom is -0.314 e. The van der Waals surface area contributed by atoms with Crippen molar-refractivity contribution in [3.8, 4) is 0 Å². The van der Waals surface area contributed by atoms with E-state index in [9.17, 15) is 4.79 Å². The van der Waals surface area contributed by atoms with E-state index in [0.717, 1.165) is 18.7 Å². The number of nitrogens with zero attached hydrogens (tertiary/aromatic N) is 1. The second-order valence-electron chi connectivity index (χ2n) is 4.94. The predicted octanol–water partition coefficient (Wildman–Crippen LogP) is 1.65. The number of anilines is 1. The SMILES string of the molecule is O=C1CCON1c1cccc(CC2CCCN2)c1. The van der Waals surface area contributed by atoms with Crippen molar-refractivity contribution in [1.29, 1.82) is 0 Å². The molecule has 96 valence electrons. The first kappa shape index (κ1) is 11.7. The van der Waals surface area contributed by atoms with E-state index in [1.165, 1.54) is 23.5 Å². The fraction of sp³-hybridized carbons (Fsp3) is 0.500. The van der Waals surface area contributed by atoms with Gasteiger partial charge in [-0.15, -0.1) is 0 Å². The zero-order chi connectivity index (χ0) is 12.4. The molecule has 0 spiro atoms. The Balaban J connectivity index is 1.73. The first-order chi connectivity index (χ1) is 8.83. The van der Waals surface area contributed by atoms with Crippen molar-refractivity contribution in [1.82, 2.24) is 5.32 Å². The highest BCUT2D eigenvalue weighted by atomic mass is 16.7. The lowest BCUT2D eigenvalue weighted by atomic mass is 10.0. The fourth-order valence-corrected chi connectivity index (χ4v) is 2.64. The van der Waals surface area contributed by atoms with Crippen LogP contribution in [0.1, 0.15) is 24.8 Å². The van der Waals surface area contributed by atoms with Crippen molar-refractivity contribution in [2.45, 2.75) is 31.7 Å². The molecular formula is C14H18N2O2. The summed E-state index contributed by atoms with van der Waals surface area (Å²) in [5.74, 6) is 0.0474. The molecule has 2 heterocycles. The molecule has 3 rings (SSSR count). The molecule has 18 heavy (non-hydrogen) atoms. The maximum Gasteiger partial charge on any atom is 0.253 e. The highest BCUT2D eigenvalue weighted by Crippen LogP contribution is 2.22. The summed E-state index contributed by atoms with van der Waals surface area (Å²) in [5.41, 5.74) is 2.11. The molecule has 4 heteroatoms. The molecule has 2 aliphatic rings. The van der Waals surface area contributed by atoms with Gasteiger partial charge >= 0.3 is 0 Å². The minimum atomic E-state index is 0.0474. The normalized spacial score (nSPS) is 23.9. The van der Waals surface area contributed by atoms with Gasteiger partial charge in [0.1, 0.15) is 0 Å². The number of benzene rings is 1. The van der Waals surface area contributed by atoms with E-state index < -0.39 is 0 Å². The summed E-state index contributed by atoms with van der Waals surface area (Å²) in [7, 11) is 0. The topological polar surface area (TPSA) is 41.6 Å². The van der Waals surface area contributed by atoms with Gasteiger partial charge in [-0.05, 0) is 43.5 Å². The molecule has 1 atom stereocenters. The molecule has 0 radical (unpaired) electrons. The number of hydrogen-bond acceptors (Lipinski definition) is 3. The Hall–Kier alpha value is -1.39. The van der Waals surface area contributed by atoms with Crippen LogP contribution in [0.4, 0.5) is 5.69 Å². The van der Waals surface area contributed by atoms with E-state index in [1.807, 2.05) is 12.1 Å². The summed E-state index contributed by atoms with van der Waals surface area (Å²) in [6.45, 7) is 1.62. The molecule has 2 aliphatic heterocycles. The molecule has 2 fully saturated rings. The molecule has 1 aromatic rings. The van der Waals surface area contributed by atoms with Gasteiger partial charge in [0.15, 0.2) is 0 Å². The van der Waals surface area contributed by atoms with Crippen LogP contribution in [0.15, 0.2) is 24.3 Å². The number of carbonyl (C=O) groups is 1. The lowest BCUT2D eigenvalue weighted by molar-refractivity contribution is -0.119. The van der Waals surface area contributed by atoms with E-state index in [4.69, 9.17) is 4.84 Å². The van der Waals surface area contributed by atoms with Crippen molar-refractivity contribution in [3.05, 3.63) is 29.8 Å². The van der Waals surface area contributed by atoms with Gasteiger partial charge in [0, 0.05) is 6.04 Å². The molecule has 1 N–H and O–H groups in total. The quantitative estimate of drug-likeness (QED) is 0.881. The van der Waals surface area contributed by atoms with Crippen LogP contribution in [0.25, 0.3) is 0 Å². The van der Waals surface area contributed by atoms with Gasteiger partial charge in [-0.2, -0.15) is 5.06 Å². The van der Waals surface area contributed by atoms with Crippen LogP contribution in [0.5, 0.6) is 0 Å². The first-order valence-electron chi connectivity index (χ1n) is 6.61. The van der Waals surface area contributed by atoms with Gasteiger partial charge in [-0.1, -0.05) is 12.1 Å². The van der Waals surface area contributed by atoms with Gasteiger partial charge in [0.2, 0.25) is 0 Å². The van der Waals surface area contributed by atoms with E-state index in [2.05, 4.69) is 17.4 Å². The van der Waals surface area contributed by atoms with Gasteiger partial charge in [-0.25, -0.2) is 0 Å². The van der Waals surface area contributed by atoms with Crippen molar-refractivity contribution in [2.75, 3.05) is 18.2 Å². The zero-order valence-electron chi connectivity index (χ0n) is 10.4. The van der Waals surface area contributed by atoms with E-state index in [1.54, 1.807) is 0 Å². The van der Waals surface area contributed by atoms with Gasteiger partial charge < -0.3 is 5.32 Å².